The number of carbonyl (C=O) groups excluding carboxylic acids is 2. The number of carbonyl (C=O) groups is 2. The number of ether oxygens (including phenoxy) is 7. The van der Waals surface area contributed by atoms with Gasteiger partial charge in [-0.15, -0.1) is 23.5 Å². The van der Waals surface area contributed by atoms with Crippen LogP contribution in [-0.4, -0.2) is 69.5 Å². The minimum Gasteiger partial charge on any atom is -0.493 e. The molecule has 1 aliphatic heterocycles. The van der Waals surface area contributed by atoms with Crippen LogP contribution < -0.4 is 28.4 Å². The zero-order valence-electron chi connectivity index (χ0n) is 25.7. The standard InChI is InChI=1S/C31H36N2O9S2/c1-18(34)33(16-22-10-8-9-11-32-22)31(35)42-19(2)41-29-25(38-5)12-20(13-26(29)39-6)27-17-43-30(44-27)21-14-23(36-3)28(40-7)24(15-21)37-4/h8-15,19,27,30H,16-17H2,1-7H3. The summed E-state index contributed by atoms with van der Waals surface area (Å²) in [6, 6.07) is 13.0. The number of aromatic nitrogens is 1. The third-order valence-electron chi connectivity index (χ3n) is 6.70. The predicted octanol–water partition coefficient (Wildman–Crippen LogP) is 6.25. The number of imide groups is 1. The second-order valence-electron chi connectivity index (χ2n) is 9.50. The van der Waals surface area contributed by atoms with Crippen LogP contribution in [0.25, 0.3) is 0 Å². The van der Waals surface area contributed by atoms with E-state index >= 15 is 0 Å². The van der Waals surface area contributed by atoms with Gasteiger partial charge in [-0.25, -0.2) is 9.69 Å². The molecule has 3 atom stereocenters. The molecule has 0 saturated carbocycles. The minimum absolute atomic E-state index is 0.0305. The van der Waals surface area contributed by atoms with Crippen molar-refractivity contribution in [3.8, 4) is 34.5 Å². The zero-order valence-corrected chi connectivity index (χ0v) is 27.3. The van der Waals surface area contributed by atoms with E-state index in [1.54, 1.807) is 64.4 Å². The van der Waals surface area contributed by atoms with Crippen LogP contribution in [0.1, 0.15) is 40.5 Å². The molecule has 0 spiro atoms. The van der Waals surface area contributed by atoms with Crippen molar-refractivity contribution in [2.24, 2.45) is 0 Å². The summed E-state index contributed by atoms with van der Waals surface area (Å²) >= 11 is 3.60. The molecule has 236 valence electrons. The van der Waals surface area contributed by atoms with Gasteiger partial charge in [0, 0.05) is 31.0 Å². The minimum atomic E-state index is -1.07. The van der Waals surface area contributed by atoms with Gasteiger partial charge in [-0.05, 0) is 47.5 Å². The molecule has 0 aliphatic carbocycles. The highest BCUT2D eigenvalue weighted by Crippen LogP contribution is 2.58. The second-order valence-corrected chi connectivity index (χ2v) is 12.2. The monoisotopic (exact) mass is 644 g/mol. The lowest BCUT2D eigenvalue weighted by atomic mass is 10.1. The Morgan fingerprint density at radius 2 is 1.48 bits per heavy atom. The van der Waals surface area contributed by atoms with Crippen LogP contribution >= 0.6 is 23.5 Å². The van der Waals surface area contributed by atoms with Crippen LogP contribution in [0.15, 0.2) is 48.7 Å². The maximum absolute atomic E-state index is 12.9. The molecular formula is C31H36N2O9S2. The summed E-state index contributed by atoms with van der Waals surface area (Å²) in [5.74, 6) is 3.23. The SMILES string of the molecule is COc1cc(C2SCC(c3cc(OC)c(OC(C)OC(=O)N(Cc4ccccn4)C(C)=O)c(OC)c3)S2)cc(OC)c1OC. The van der Waals surface area contributed by atoms with Crippen LogP contribution in [-0.2, 0) is 16.1 Å². The van der Waals surface area contributed by atoms with Gasteiger partial charge < -0.3 is 33.2 Å². The number of amides is 2. The van der Waals surface area contributed by atoms with E-state index in [2.05, 4.69) is 4.98 Å². The van der Waals surface area contributed by atoms with Crippen molar-refractivity contribution in [3.63, 3.8) is 0 Å². The first-order valence-corrected chi connectivity index (χ1v) is 15.6. The van der Waals surface area contributed by atoms with Crippen molar-refractivity contribution < 1.29 is 42.7 Å². The lowest BCUT2D eigenvalue weighted by Gasteiger charge is -2.24. The van der Waals surface area contributed by atoms with Crippen LogP contribution in [0.5, 0.6) is 34.5 Å². The maximum atomic E-state index is 12.9. The fraction of sp³-hybridized carbons (Fsp3) is 0.387. The highest BCUT2D eigenvalue weighted by atomic mass is 32.2. The van der Waals surface area contributed by atoms with Crippen molar-refractivity contribution in [1.29, 1.82) is 0 Å². The van der Waals surface area contributed by atoms with Crippen LogP contribution in [0, 0.1) is 0 Å². The van der Waals surface area contributed by atoms with E-state index in [1.807, 2.05) is 36.0 Å². The molecule has 1 aromatic heterocycles. The van der Waals surface area contributed by atoms with Crippen molar-refractivity contribution in [3.05, 3.63) is 65.5 Å². The number of hydrogen-bond donors (Lipinski definition) is 0. The largest absolute Gasteiger partial charge is 0.493 e. The molecule has 0 N–H and O–H groups in total. The van der Waals surface area contributed by atoms with Crippen molar-refractivity contribution in [2.45, 2.75) is 36.5 Å². The molecule has 3 unspecified atom stereocenters. The fourth-order valence-electron chi connectivity index (χ4n) is 4.55. The first-order chi connectivity index (χ1) is 21.2. The van der Waals surface area contributed by atoms with E-state index in [-0.39, 0.29) is 22.1 Å². The lowest BCUT2D eigenvalue weighted by molar-refractivity contribution is -0.129. The summed E-state index contributed by atoms with van der Waals surface area (Å²) in [5, 5.41) is 0.118. The number of pyridine rings is 1. The van der Waals surface area contributed by atoms with Gasteiger partial charge in [-0.3, -0.25) is 9.78 Å². The molecule has 1 aliphatic rings. The number of nitrogens with zero attached hydrogens (tertiary/aromatic N) is 2. The molecule has 1 fully saturated rings. The van der Waals surface area contributed by atoms with Crippen molar-refractivity contribution >= 4 is 35.5 Å². The first kappa shape index (κ1) is 32.9. The Kier molecular flexibility index (Phi) is 11.3. The van der Waals surface area contributed by atoms with Gasteiger partial charge in [-0.2, -0.15) is 0 Å². The number of methoxy groups -OCH3 is 5. The van der Waals surface area contributed by atoms with E-state index < -0.39 is 18.3 Å². The van der Waals surface area contributed by atoms with Crippen LogP contribution in [0.4, 0.5) is 4.79 Å². The summed E-state index contributed by atoms with van der Waals surface area (Å²) in [6.45, 7) is 2.80. The molecule has 11 nitrogen and oxygen atoms in total. The average Bonchev–Trinajstić information content (AvgIpc) is 3.53. The molecule has 13 heteroatoms. The summed E-state index contributed by atoms with van der Waals surface area (Å²) < 4.78 is 39.5. The average molecular weight is 645 g/mol. The normalized spacial score (nSPS) is 16.4. The van der Waals surface area contributed by atoms with Gasteiger partial charge >= 0.3 is 6.09 Å². The smallest absolute Gasteiger partial charge is 0.419 e. The Labute approximate surface area is 265 Å². The molecule has 0 bridgehead atoms. The molecule has 1 saturated heterocycles. The van der Waals surface area contributed by atoms with Crippen LogP contribution in [0.2, 0.25) is 0 Å². The summed E-state index contributed by atoms with van der Waals surface area (Å²) in [6.07, 6.45) is -0.339. The van der Waals surface area contributed by atoms with Gasteiger partial charge in [0.05, 0.1) is 52.4 Å². The van der Waals surface area contributed by atoms with E-state index in [1.165, 1.54) is 21.1 Å². The second kappa shape index (κ2) is 15.2. The Balaban J connectivity index is 1.49. The van der Waals surface area contributed by atoms with E-state index in [0.717, 1.165) is 21.8 Å². The highest BCUT2D eigenvalue weighted by Gasteiger charge is 2.32. The number of thioether (sulfide) groups is 2. The first-order valence-electron chi connectivity index (χ1n) is 13.6. The fourth-order valence-corrected chi connectivity index (χ4v) is 7.80. The van der Waals surface area contributed by atoms with Crippen molar-refractivity contribution in [2.75, 3.05) is 41.3 Å². The molecular weight excluding hydrogens is 608 g/mol. The number of hydrogen-bond acceptors (Lipinski definition) is 12. The van der Waals surface area contributed by atoms with Gasteiger partial charge in [0.2, 0.25) is 23.7 Å². The highest BCUT2D eigenvalue weighted by molar-refractivity contribution is 8.19. The van der Waals surface area contributed by atoms with Crippen molar-refractivity contribution in [1.82, 2.24) is 9.88 Å². The Bertz CT molecular complexity index is 1410. The van der Waals surface area contributed by atoms with E-state index in [4.69, 9.17) is 33.2 Å². The molecule has 44 heavy (non-hydrogen) atoms. The Hall–Kier alpha value is -3.97. The van der Waals surface area contributed by atoms with E-state index in [0.29, 0.717) is 34.4 Å². The number of rotatable bonds is 12. The third-order valence-corrected chi connectivity index (χ3v) is 10.0. The molecule has 3 aromatic rings. The van der Waals surface area contributed by atoms with Gasteiger partial charge in [-0.1, -0.05) is 6.07 Å². The Morgan fingerprint density at radius 1 is 0.886 bits per heavy atom. The van der Waals surface area contributed by atoms with E-state index in [9.17, 15) is 9.59 Å². The molecule has 2 heterocycles. The predicted molar refractivity (Wildman–Crippen MR) is 168 cm³/mol. The quantitative estimate of drug-likeness (QED) is 0.208. The lowest BCUT2D eigenvalue weighted by Crippen LogP contribution is -2.38. The molecule has 4 rings (SSSR count). The van der Waals surface area contributed by atoms with Gasteiger partial charge in [0.1, 0.15) is 0 Å². The van der Waals surface area contributed by atoms with Gasteiger partial charge in [0.15, 0.2) is 23.0 Å². The van der Waals surface area contributed by atoms with Crippen LogP contribution in [0.3, 0.4) is 0 Å². The molecule has 2 aromatic carbocycles. The topological polar surface area (TPSA) is 115 Å². The summed E-state index contributed by atoms with van der Waals surface area (Å²) in [5.41, 5.74) is 2.58. The third kappa shape index (κ3) is 7.56. The summed E-state index contributed by atoms with van der Waals surface area (Å²) in [4.78, 5) is 30.2. The number of benzene rings is 2. The molecule has 2 amide bonds. The zero-order chi connectivity index (χ0) is 31.8. The maximum Gasteiger partial charge on any atom is 0.419 e. The molecule has 0 radical (unpaired) electrons. The summed E-state index contributed by atoms with van der Waals surface area (Å²) in [7, 11) is 7.84. The van der Waals surface area contributed by atoms with Gasteiger partial charge in [0.25, 0.3) is 0 Å². The Morgan fingerprint density at radius 3 is 2.00 bits per heavy atom.